The third-order valence-electron chi connectivity index (χ3n) is 2.63. The zero-order valence-corrected chi connectivity index (χ0v) is 12.4. The summed E-state index contributed by atoms with van der Waals surface area (Å²) < 4.78 is 0.922. The Morgan fingerprint density at radius 2 is 1.90 bits per heavy atom. The first kappa shape index (κ1) is 13.4. The highest BCUT2D eigenvalue weighted by molar-refractivity contribution is 7.20. The van der Waals surface area contributed by atoms with Gasteiger partial charge in [0.25, 0.3) is 5.91 Å². The minimum atomic E-state index is -0.260. The lowest BCUT2D eigenvalue weighted by Crippen LogP contribution is -2.11. The maximum atomic E-state index is 12.1. The van der Waals surface area contributed by atoms with Crippen molar-refractivity contribution >= 4 is 56.3 Å². The average molecular weight is 323 g/mol. The van der Waals surface area contributed by atoms with Crippen LogP contribution >= 0.6 is 34.5 Å². The third-order valence-corrected chi connectivity index (χ3v) is 4.13. The number of thiazole rings is 1. The molecule has 0 fully saturated rings. The molecule has 20 heavy (non-hydrogen) atoms. The van der Waals surface area contributed by atoms with E-state index in [-0.39, 0.29) is 5.91 Å². The van der Waals surface area contributed by atoms with Crippen LogP contribution < -0.4 is 5.32 Å². The Kier molecular flexibility index (Phi) is 3.61. The van der Waals surface area contributed by atoms with Crippen molar-refractivity contribution in [2.24, 2.45) is 0 Å². The van der Waals surface area contributed by atoms with Crippen LogP contribution in [-0.4, -0.2) is 10.9 Å². The number of aromatic nitrogens is 1. The van der Waals surface area contributed by atoms with Crippen LogP contribution in [0.3, 0.4) is 0 Å². The van der Waals surface area contributed by atoms with Crippen LogP contribution in [0.4, 0.5) is 5.69 Å². The minimum Gasteiger partial charge on any atom is -0.320 e. The fourth-order valence-electron chi connectivity index (χ4n) is 1.75. The van der Waals surface area contributed by atoms with Crippen molar-refractivity contribution < 1.29 is 4.79 Å². The Labute approximate surface area is 129 Å². The van der Waals surface area contributed by atoms with E-state index in [4.69, 9.17) is 23.2 Å². The summed E-state index contributed by atoms with van der Waals surface area (Å²) in [4.78, 5) is 16.4. The Balaban J connectivity index is 1.88. The number of hydrogen-bond acceptors (Lipinski definition) is 3. The summed E-state index contributed by atoms with van der Waals surface area (Å²) in [6.07, 6.45) is 0. The van der Waals surface area contributed by atoms with E-state index in [9.17, 15) is 4.79 Å². The Morgan fingerprint density at radius 3 is 2.70 bits per heavy atom. The molecule has 0 atom stereocenters. The van der Waals surface area contributed by atoms with E-state index in [0.717, 1.165) is 10.2 Å². The first-order chi connectivity index (χ1) is 9.61. The van der Waals surface area contributed by atoms with Crippen molar-refractivity contribution in [3.05, 3.63) is 57.5 Å². The Hall–Kier alpha value is -1.62. The molecule has 0 aliphatic rings. The molecule has 0 saturated heterocycles. The lowest BCUT2D eigenvalue weighted by atomic mass is 10.3. The summed E-state index contributed by atoms with van der Waals surface area (Å²) in [5.41, 5.74) is 1.36. The third kappa shape index (κ3) is 2.77. The number of anilines is 1. The summed E-state index contributed by atoms with van der Waals surface area (Å²) in [5, 5.41) is 4.33. The van der Waals surface area contributed by atoms with E-state index in [2.05, 4.69) is 10.3 Å². The van der Waals surface area contributed by atoms with Gasteiger partial charge in [-0.15, -0.1) is 11.3 Å². The zero-order valence-electron chi connectivity index (χ0n) is 10.1. The SMILES string of the molecule is O=C(Nc1cccc(Cl)c1)c1nc2cc(Cl)ccc2s1. The molecular formula is C14H8Cl2N2OS. The summed E-state index contributed by atoms with van der Waals surface area (Å²) in [5.74, 6) is -0.260. The standard InChI is InChI=1S/C14H8Cl2N2OS/c15-8-2-1-3-10(6-8)17-13(19)14-18-11-7-9(16)4-5-12(11)20-14/h1-7H,(H,17,19). The number of nitrogens with one attached hydrogen (secondary N) is 1. The number of carbonyl (C=O) groups excluding carboxylic acids is 1. The molecule has 0 spiro atoms. The van der Waals surface area contributed by atoms with E-state index in [0.29, 0.717) is 20.7 Å². The second-order valence-corrected chi connectivity index (χ2v) is 6.00. The molecule has 1 heterocycles. The molecule has 0 saturated carbocycles. The Bertz CT molecular complexity index is 801. The maximum absolute atomic E-state index is 12.1. The molecule has 2 aromatic carbocycles. The van der Waals surface area contributed by atoms with Crippen LogP contribution in [-0.2, 0) is 0 Å². The number of amides is 1. The number of benzene rings is 2. The highest BCUT2D eigenvalue weighted by Gasteiger charge is 2.12. The van der Waals surface area contributed by atoms with Crippen LogP contribution in [0.1, 0.15) is 9.80 Å². The number of nitrogens with zero attached hydrogens (tertiary/aromatic N) is 1. The number of rotatable bonds is 2. The molecule has 3 aromatic rings. The molecule has 100 valence electrons. The predicted molar refractivity (Wildman–Crippen MR) is 84.0 cm³/mol. The molecule has 6 heteroatoms. The van der Waals surface area contributed by atoms with Gasteiger partial charge >= 0.3 is 0 Å². The van der Waals surface area contributed by atoms with Gasteiger partial charge in [0.2, 0.25) is 0 Å². The molecule has 1 amide bonds. The number of fused-ring (bicyclic) bond motifs is 1. The van der Waals surface area contributed by atoms with E-state index in [1.54, 1.807) is 36.4 Å². The lowest BCUT2D eigenvalue weighted by molar-refractivity contribution is 0.102. The van der Waals surface area contributed by atoms with Gasteiger partial charge < -0.3 is 5.32 Å². The average Bonchev–Trinajstić information content (AvgIpc) is 2.81. The molecule has 0 bridgehead atoms. The van der Waals surface area contributed by atoms with Crippen molar-refractivity contribution in [3.63, 3.8) is 0 Å². The molecule has 1 aromatic heterocycles. The molecule has 0 aliphatic heterocycles. The first-order valence-electron chi connectivity index (χ1n) is 5.75. The molecule has 1 N–H and O–H groups in total. The highest BCUT2D eigenvalue weighted by Crippen LogP contribution is 2.25. The molecular weight excluding hydrogens is 315 g/mol. The molecule has 0 aliphatic carbocycles. The minimum absolute atomic E-state index is 0.260. The quantitative estimate of drug-likeness (QED) is 0.732. The Morgan fingerprint density at radius 1 is 1.10 bits per heavy atom. The second-order valence-electron chi connectivity index (χ2n) is 4.10. The van der Waals surface area contributed by atoms with Crippen molar-refractivity contribution in [2.75, 3.05) is 5.32 Å². The van der Waals surface area contributed by atoms with Gasteiger partial charge in [-0.2, -0.15) is 0 Å². The van der Waals surface area contributed by atoms with E-state index < -0.39 is 0 Å². The molecule has 3 rings (SSSR count). The molecule has 0 radical (unpaired) electrons. The number of halogens is 2. The molecule has 0 unspecified atom stereocenters. The van der Waals surface area contributed by atoms with Crippen molar-refractivity contribution in [1.82, 2.24) is 4.98 Å². The fraction of sp³-hybridized carbons (Fsp3) is 0. The normalized spacial score (nSPS) is 10.7. The summed E-state index contributed by atoms with van der Waals surface area (Å²) in [7, 11) is 0. The van der Waals surface area contributed by atoms with E-state index in [1.807, 2.05) is 6.07 Å². The van der Waals surface area contributed by atoms with Crippen molar-refractivity contribution in [3.8, 4) is 0 Å². The van der Waals surface area contributed by atoms with Gasteiger partial charge in [-0.1, -0.05) is 29.3 Å². The van der Waals surface area contributed by atoms with Crippen LogP contribution in [0.2, 0.25) is 10.0 Å². The van der Waals surface area contributed by atoms with Gasteiger partial charge in [0, 0.05) is 15.7 Å². The van der Waals surface area contributed by atoms with Gasteiger partial charge in [0.05, 0.1) is 10.2 Å². The topological polar surface area (TPSA) is 42.0 Å². The highest BCUT2D eigenvalue weighted by atomic mass is 35.5. The summed E-state index contributed by atoms with van der Waals surface area (Å²) in [6, 6.07) is 12.3. The second kappa shape index (κ2) is 5.40. The van der Waals surface area contributed by atoms with Crippen LogP contribution in [0.15, 0.2) is 42.5 Å². The summed E-state index contributed by atoms with van der Waals surface area (Å²) in [6.45, 7) is 0. The first-order valence-corrected chi connectivity index (χ1v) is 7.32. The van der Waals surface area contributed by atoms with Crippen molar-refractivity contribution in [2.45, 2.75) is 0 Å². The van der Waals surface area contributed by atoms with Crippen LogP contribution in [0.5, 0.6) is 0 Å². The monoisotopic (exact) mass is 322 g/mol. The van der Waals surface area contributed by atoms with Gasteiger partial charge in [-0.3, -0.25) is 4.79 Å². The van der Waals surface area contributed by atoms with Gasteiger partial charge in [-0.05, 0) is 36.4 Å². The zero-order chi connectivity index (χ0) is 14.1. The maximum Gasteiger partial charge on any atom is 0.284 e. The van der Waals surface area contributed by atoms with E-state index >= 15 is 0 Å². The summed E-state index contributed by atoms with van der Waals surface area (Å²) >= 11 is 13.1. The smallest absolute Gasteiger partial charge is 0.284 e. The van der Waals surface area contributed by atoms with Crippen LogP contribution in [0, 0.1) is 0 Å². The lowest BCUT2D eigenvalue weighted by Gasteiger charge is -2.02. The predicted octanol–water partition coefficient (Wildman–Crippen LogP) is 4.86. The number of carbonyl (C=O) groups is 1. The van der Waals surface area contributed by atoms with Gasteiger partial charge in [0.1, 0.15) is 0 Å². The molecule has 3 nitrogen and oxygen atoms in total. The van der Waals surface area contributed by atoms with Crippen molar-refractivity contribution in [1.29, 1.82) is 0 Å². The largest absolute Gasteiger partial charge is 0.320 e. The van der Waals surface area contributed by atoms with E-state index in [1.165, 1.54) is 11.3 Å². The van der Waals surface area contributed by atoms with Gasteiger partial charge in [0.15, 0.2) is 5.01 Å². The fourth-order valence-corrected chi connectivity index (χ4v) is 2.95. The number of hydrogen-bond donors (Lipinski definition) is 1. The van der Waals surface area contributed by atoms with Gasteiger partial charge in [-0.25, -0.2) is 4.98 Å². The van der Waals surface area contributed by atoms with Crippen LogP contribution in [0.25, 0.3) is 10.2 Å².